The predicted octanol–water partition coefficient (Wildman–Crippen LogP) is 2.84. The highest BCUT2D eigenvalue weighted by atomic mass is 16.3. The zero-order chi connectivity index (χ0) is 18.1. The average Bonchev–Trinajstić information content (AvgIpc) is 2.89. The van der Waals surface area contributed by atoms with E-state index in [1.165, 1.54) is 11.1 Å². The number of rotatable bonds is 2. The lowest BCUT2D eigenvalue weighted by Crippen LogP contribution is -2.42. The van der Waals surface area contributed by atoms with Gasteiger partial charge in [0.15, 0.2) is 0 Å². The summed E-state index contributed by atoms with van der Waals surface area (Å²) in [5.74, 6) is 0.402. The molecule has 2 heterocycles. The molecule has 0 radical (unpaired) electrons. The molecule has 0 saturated carbocycles. The normalized spacial score (nSPS) is 23.0. The average molecular weight is 350 g/mol. The molecule has 0 bridgehead atoms. The van der Waals surface area contributed by atoms with Gasteiger partial charge >= 0.3 is 0 Å². The summed E-state index contributed by atoms with van der Waals surface area (Å²) in [5.41, 5.74) is 3.77. The van der Waals surface area contributed by atoms with Crippen LogP contribution < -0.4 is 0 Å². The van der Waals surface area contributed by atoms with Gasteiger partial charge in [-0.3, -0.25) is 4.79 Å². The summed E-state index contributed by atoms with van der Waals surface area (Å²) >= 11 is 0. The van der Waals surface area contributed by atoms with Crippen LogP contribution in [0.2, 0.25) is 0 Å². The van der Waals surface area contributed by atoms with Crippen LogP contribution in [-0.4, -0.2) is 47.5 Å². The van der Waals surface area contributed by atoms with Crippen LogP contribution in [0.25, 0.3) is 0 Å². The van der Waals surface area contributed by atoms with Crippen molar-refractivity contribution in [2.24, 2.45) is 5.41 Å². The zero-order valence-electron chi connectivity index (χ0n) is 15.3. The minimum Gasteiger partial charge on any atom is -0.508 e. The van der Waals surface area contributed by atoms with Gasteiger partial charge in [0, 0.05) is 25.0 Å². The van der Waals surface area contributed by atoms with Gasteiger partial charge < -0.3 is 14.9 Å². The Morgan fingerprint density at radius 3 is 2.50 bits per heavy atom. The lowest BCUT2D eigenvalue weighted by atomic mass is 9.80. The molecule has 1 amide bonds. The van der Waals surface area contributed by atoms with Crippen LogP contribution in [-0.2, 0) is 24.2 Å². The Kier molecular flexibility index (Phi) is 4.45. The van der Waals surface area contributed by atoms with Crippen molar-refractivity contribution in [2.75, 3.05) is 26.7 Å². The van der Waals surface area contributed by atoms with Gasteiger partial charge in [-0.1, -0.05) is 36.4 Å². The molecule has 0 aliphatic carbocycles. The molecule has 1 fully saturated rings. The largest absolute Gasteiger partial charge is 0.508 e. The number of fused-ring (bicyclic) bond motifs is 1. The Morgan fingerprint density at radius 1 is 1.08 bits per heavy atom. The SMILES string of the molecule is CN1CCC2(Cc3ccccc3CN(C(=O)Cc3ccc(O)cc3)C2)C1. The molecule has 2 aliphatic heterocycles. The van der Waals surface area contributed by atoms with Gasteiger partial charge in [-0.25, -0.2) is 0 Å². The van der Waals surface area contributed by atoms with Crippen molar-refractivity contribution in [2.45, 2.75) is 25.8 Å². The first-order chi connectivity index (χ1) is 12.5. The number of amides is 1. The maximum absolute atomic E-state index is 13.1. The summed E-state index contributed by atoms with van der Waals surface area (Å²) in [6.07, 6.45) is 2.58. The fourth-order valence-corrected chi connectivity index (χ4v) is 4.52. The van der Waals surface area contributed by atoms with Crippen molar-refractivity contribution in [3.63, 3.8) is 0 Å². The minimum absolute atomic E-state index is 0.159. The summed E-state index contributed by atoms with van der Waals surface area (Å²) in [4.78, 5) is 17.5. The highest BCUT2D eigenvalue weighted by Crippen LogP contribution is 2.38. The van der Waals surface area contributed by atoms with Crippen LogP contribution in [0.1, 0.15) is 23.1 Å². The molecule has 136 valence electrons. The van der Waals surface area contributed by atoms with E-state index in [-0.39, 0.29) is 17.1 Å². The molecule has 4 rings (SSSR count). The maximum Gasteiger partial charge on any atom is 0.227 e. The standard InChI is InChI=1S/C22H26N2O2/c1-23-11-10-22(15-23)13-18-4-2-3-5-19(18)14-24(16-22)21(26)12-17-6-8-20(25)9-7-17/h2-9,25H,10-16H2,1H3. The third-order valence-electron chi connectivity index (χ3n) is 5.84. The van der Waals surface area contributed by atoms with Gasteiger partial charge in [-0.2, -0.15) is 0 Å². The van der Waals surface area contributed by atoms with E-state index in [9.17, 15) is 9.90 Å². The van der Waals surface area contributed by atoms with Crippen molar-refractivity contribution in [3.05, 3.63) is 65.2 Å². The number of benzene rings is 2. The van der Waals surface area contributed by atoms with Crippen molar-refractivity contribution < 1.29 is 9.90 Å². The molecule has 2 aliphatic rings. The Bertz CT molecular complexity index is 802. The van der Waals surface area contributed by atoms with Crippen LogP contribution in [0.5, 0.6) is 5.75 Å². The second kappa shape index (κ2) is 6.76. The third kappa shape index (κ3) is 3.47. The fraction of sp³-hybridized carbons (Fsp3) is 0.409. The summed E-state index contributed by atoms with van der Waals surface area (Å²) in [5, 5.41) is 9.45. The lowest BCUT2D eigenvalue weighted by Gasteiger charge is -2.33. The molecule has 1 spiro atoms. The summed E-state index contributed by atoms with van der Waals surface area (Å²) < 4.78 is 0. The first-order valence-corrected chi connectivity index (χ1v) is 9.34. The summed E-state index contributed by atoms with van der Waals surface area (Å²) in [7, 11) is 2.17. The van der Waals surface area contributed by atoms with Crippen LogP contribution in [0.3, 0.4) is 0 Å². The van der Waals surface area contributed by atoms with Crippen molar-refractivity contribution >= 4 is 5.91 Å². The molecule has 1 unspecified atom stereocenters. The van der Waals surface area contributed by atoms with Crippen molar-refractivity contribution in [1.82, 2.24) is 9.80 Å². The number of hydrogen-bond acceptors (Lipinski definition) is 3. The molecule has 26 heavy (non-hydrogen) atoms. The molecule has 2 aromatic carbocycles. The van der Waals surface area contributed by atoms with Crippen LogP contribution in [0, 0.1) is 5.41 Å². The van der Waals surface area contributed by atoms with E-state index in [0.29, 0.717) is 13.0 Å². The number of aromatic hydroxyl groups is 1. The minimum atomic E-state index is 0.159. The number of phenols is 1. The van der Waals surface area contributed by atoms with Crippen LogP contribution in [0.4, 0.5) is 0 Å². The number of likely N-dealkylation sites (tertiary alicyclic amines) is 1. The van der Waals surface area contributed by atoms with Gasteiger partial charge in [0.05, 0.1) is 6.42 Å². The van der Waals surface area contributed by atoms with E-state index < -0.39 is 0 Å². The molecular weight excluding hydrogens is 324 g/mol. The number of carbonyl (C=O) groups is 1. The van der Waals surface area contributed by atoms with E-state index in [4.69, 9.17) is 0 Å². The van der Waals surface area contributed by atoms with E-state index >= 15 is 0 Å². The highest BCUT2D eigenvalue weighted by molar-refractivity contribution is 5.79. The van der Waals surface area contributed by atoms with Gasteiger partial charge in [0.25, 0.3) is 0 Å². The van der Waals surface area contributed by atoms with Crippen LogP contribution in [0.15, 0.2) is 48.5 Å². The Hall–Kier alpha value is -2.33. The summed E-state index contributed by atoms with van der Waals surface area (Å²) in [6, 6.07) is 15.5. The van der Waals surface area contributed by atoms with Gasteiger partial charge in [0.2, 0.25) is 5.91 Å². The van der Waals surface area contributed by atoms with Crippen molar-refractivity contribution in [1.29, 1.82) is 0 Å². The summed E-state index contributed by atoms with van der Waals surface area (Å²) in [6.45, 7) is 3.66. The Morgan fingerprint density at radius 2 is 1.81 bits per heavy atom. The smallest absolute Gasteiger partial charge is 0.227 e. The second-order valence-electron chi connectivity index (χ2n) is 8.03. The van der Waals surface area contributed by atoms with E-state index in [1.807, 2.05) is 12.1 Å². The molecule has 2 aromatic rings. The first-order valence-electron chi connectivity index (χ1n) is 9.34. The Labute approximate surface area is 155 Å². The predicted molar refractivity (Wildman–Crippen MR) is 102 cm³/mol. The molecule has 4 heteroatoms. The quantitative estimate of drug-likeness (QED) is 0.906. The fourth-order valence-electron chi connectivity index (χ4n) is 4.52. The van der Waals surface area contributed by atoms with E-state index in [2.05, 4.69) is 41.1 Å². The number of hydrogen-bond donors (Lipinski definition) is 1. The molecule has 4 nitrogen and oxygen atoms in total. The van der Waals surface area contributed by atoms with E-state index in [0.717, 1.165) is 38.0 Å². The highest BCUT2D eigenvalue weighted by Gasteiger charge is 2.41. The Balaban J connectivity index is 1.60. The molecule has 1 saturated heterocycles. The molecule has 1 N–H and O–H groups in total. The number of phenolic OH excluding ortho intramolecular Hbond substituents is 1. The lowest BCUT2D eigenvalue weighted by molar-refractivity contribution is -0.132. The topological polar surface area (TPSA) is 43.8 Å². The van der Waals surface area contributed by atoms with Gasteiger partial charge in [-0.15, -0.1) is 0 Å². The van der Waals surface area contributed by atoms with Crippen LogP contribution >= 0.6 is 0 Å². The third-order valence-corrected chi connectivity index (χ3v) is 5.84. The second-order valence-corrected chi connectivity index (χ2v) is 8.03. The van der Waals surface area contributed by atoms with Gasteiger partial charge in [0.1, 0.15) is 5.75 Å². The molecule has 0 aromatic heterocycles. The maximum atomic E-state index is 13.1. The van der Waals surface area contributed by atoms with Gasteiger partial charge in [-0.05, 0) is 55.3 Å². The molecule has 1 atom stereocenters. The first kappa shape index (κ1) is 17.1. The van der Waals surface area contributed by atoms with Crippen molar-refractivity contribution in [3.8, 4) is 5.75 Å². The van der Waals surface area contributed by atoms with E-state index in [1.54, 1.807) is 12.1 Å². The molecular formula is C22H26N2O2. The number of carbonyl (C=O) groups excluding carboxylic acids is 1. The monoisotopic (exact) mass is 350 g/mol. The number of nitrogens with zero attached hydrogens (tertiary/aromatic N) is 2. The zero-order valence-corrected chi connectivity index (χ0v) is 15.3.